The Morgan fingerprint density at radius 1 is 1.12 bits per heavy atom. The minimum absolute atomic E-state index is 0.0692. The van der Waals surface area contributed by atoms with Crippen LogP contribution in [0.2, 0.25) is 0 Å². The van der Waals surface area contributed by atoms with Crippen LogP contribution in [0.25, 0.3) is 21.9 Å². The third-order valence-electron chi connectivity index (χ3n) is 8.33. The molecule has 4 aromatic rings. The number of aromatic nitrogens is 1. The van der Waals surface area contributed by atoms with Crippen LogP contribution < -0.4 is 10.9 Å². The molecule has 0 spiro atoms. The monoisotopic (exact) mass is 581 g/mol. The van der Waals surface area contributed by atoms with Crippen molar-refractivity contribution in [3.05, 3.63) is 86.1 Å². The molecule has 0 bridgehead atoms. The van der Waals surface area contributed by atoms with Gasteiger partial charge in [-0.2, -0.15) is 5.26 Å². The van der Waals surface area contributed by atoms with Crippen molar-refractivity contribution >= 4 is 39.0 Å². The molecule has 2 unspecified atom stereocenters. The van der Waals surface area contributed by atoms with Crippen LogP contribution in [-0.2, 0) is 29.4 Å². The third-order valence-corrected chi connectivity index (χ3v) is 9.50. The smallest absolute Gasteiger partial charge is 0.356 e. The first-order chi connectivity index (χ1) is 19.9. The summed E-state index contributed by atoms with van der Waals surface area (Å²) >= 11 is 1.43. The standard InChI is InChI=1S/C34H35N3O4S/c1-19-11-13-21(14-12-19)28-24-9-7-8-10-25(24)32(39)37(6)29(28)33(40)41-20(2)30(38)36-31-26(18-35)23-16-15-22(34(3,4)5)17-27(23)42-31/h7-14,20,22H,15-17H2,1-6H3,(H,36,38). The molecule has 0 saturated carbocycles. The van der Waals surface area contributed by atoms with Crippen LogP contribution in [0, 0.1) is 29.6 Å². The van der Waals surface area contributed by atoms with Crippen LogP contribution in [0.5, 0.6) is 0 Å². The maximum atomic E-state index is 13.7. The highest BCUT2D eigenvalue weighted by Crippen LogP contribution is 2.44. The predicted octanol–water partition coefficient (Wildman–Crippen LogP) is 6.78. The van der Waals surface area contributed by atoms with Crippen molar-refractivity contribution in [3.8, 4) is 17.2 Å². The van der Waals surface area contributed by atoms with Crippen molar-refractivity contribution in [2.45, 2.75) is 60.0 Å². The van der Waals surface area contributed by atoms with Crippen LogP contribution in [0.1, 0.15) is 66.2 Å². The number of nitriles is 1. The SMILES string of the molecule is Cc1ccc(-c2c(C(=O)OC(C)C(=O)Nc3sc4c(c3C#N)CCC(C(C)(C)C)C4)n(C)c(=O)c3ccccc23)cc1. The molecule has 1 amide bonds. The van der Waals surface area contributed by atoms with Gasteiger partial charge < -0.3 is 14.6 Å². The van der Waals surface area contributed by atoms with Crippen molar-refractivity contribution in [2.24, 2.45) is 18.4 Å². The van der Waals surface area contributed by atoms with Crippen molar-refractivity contribution in [2.75, 3.05) is 5.32 Å². The minimum Gasteiger partial charge on any atom is -0.448 e. The number of esters is 1. The summed E-state index contributed by atoms with van der Waals surface area (Å²) < 4.78 is 6.98. The number of anilines is 1. The first-order valence-corrected chi connectivity index (χ1v) is 15.0. The largest absolute Gasteiger partial charge is 0.448 e. The van der Waals surface area contributed by atoms with Crippen molar-refractivity contribution < 1.29 is 14.3 Å². The van der Waals surface area contributed by atoms with Gasteiger partial charge in [0.2, 0.25) is 0 Å². The normalized spacial score (nSPS) is 15.5. The molecule has 216 valence electrons. The van der Waals surface area contributed by atoms with Gasteiger partial charge in [-0.1, -0.05) is 68.8 Å². The molecule has 2 heterocycles. The quantitative estimate of drug-likeness (QED) is 0.262. The van der Waals surface area contributed by atoms with E-state index < -0.39 is 18.0 Å². The Morgan fingerprint density at radius 2 is 1.79 bits per heavy atom. The highest BCUT2D eigenvalue weighted by Gasteiger charge is 2.33. The van der Waals surface area contributed by atoms with E-state index in [4.69, 9.17) is 4.74 Å². The Kier molecular flexibility index (Phi) is 7.82. The Morgan fingerprint density at radius 3 is 2.43 bits per heavy atom. The number of benzene rings is 2. The van der Waals surface area contributed by atoms with Gasteiger partial charge >= 0.3 is 5.97 Å². The van der Waals surface area contributed by atoms with Crippen LogP contribution in [0.4, 0.5) is 5.00 Å². The first-order valence-electron chi connectivity index (χ1n) is 14.2. The molecule has 8 heteroatoms. The summed E-state index contributed by atoms with van der Waals surface area (Å²) in [5, 5.41) is 14.4. The van der Waals surface area contributed by atoms with Gasteiger partial charge in [0.05, 0.1) is 5.56 Å². The van der Waals surface area contributed by atoms with Gasteiger partial charge in [0, 0.05) is 22.9 Å². The molecule has 2 aromatic heterocycles. The second-order valence-corrected chi connectivity index (χ2v) is 13.3. The molecule has 7 nitrogen and oxygen atoms in total. The number of hydrogen-bond acceptors (Lipinski definition) is 6. The van der Waals surface area contributed by atoms with E-state index >= 15 is 0 Å². The van der Waals surface area contributed by atoms with Crippen molar-refractivity contribution in [3.63, 3.8) is 0 Å². The molecule has 0 aliphatic heterocycles. The lowest BCUT2D eigenvalue weighted by Crippen LogP contribution is -2.32. The molecular formula is C34H35N3O4S. The van der Waals surface area contributed by atoms with Gasteiger partial charge in [0.1, 0.15) is 16.8 Å². The maximum Gasteiger partial charge on any atom is 0.356 e. The lowest BCUT2D eigenvalue weighted by atomic mass is 9.72. The first kappa shape index (κ1) is 29.3. The molecule has 0 radical (unpaired) electrons. The fourth-order valence-corrected chi connectivity index (χ4v) is 7.01. The second-order valence-electron chi connectivity index (χ2n) is 12.2. The fourth-order valence-electron chi connectivity index (χ4n) is 5.73. The number of fused-ring (bicyclic) bond motifs is 2. The van der Waals surface area contributed by atoms with Crippen LogP contribution in [0.3, 0.4) is 0 Å². The average Bonchev–Trinajstić information content (AvgIpc) is 3.30. The number of pyridine rings is 1. The van der Waals surface area contributed by atoms with Gasteiger partial charge in [0.15, 0.2) is 6.10 Å². The van der Waals surface area contributed by atoms with Crippen LogP contribution in [0.15, 0.2) is 53.3 Å². The number of rotatable bonds is 5. The molecule has 2 atom stereocenters. The van der Waals surface area contributed by atoms with E-state index in [1.807, 2.05) is 43.3 Å². The van der Waals surface area contributed by atoms with E-state index in [1.165, 1.54) is 29.9 Å². The van der Waals surface area contributed by atoms with E-state index in [0.717, 1.165) is 40.8 Å². The van der Waals surface area contributed by atoms with Gasteiger partial charge in [-0.05, 0) is 67.0 Å². The molecular weight excluding hydrogens is 546 g/mol. The summed E-state index contributed by atoms with van der Waals surface area (Å²) in [5.74, 6) is -0.819. The van der Waals surface area contributed by atoms with Gasteiger partial charge in [-0.15, -0.1) is 11.3 Å². The zero-order chi connectivity index (χ0) is 30.3. The van der Waals surface area contributed by atoms with E-state index in [2.05, 4.69) is 32.2 Å². The molecule has 42 heavy (non-hydrogen) atoms. The highest BCUT2D eigenvalue weighted by atomic mass is 32.1. The molecule has 1 N–H and O–H groups in total. The second kappa shape index (κ2) is 11.2. The summed E-state index contributed by atoms with van der Waals surface area (Å²) in [6.07, 6.45) is 1.50. The molecule has 1 aliphatic rings. The number of nitrogens with zero attached hydrogens (tertiary/aromatic N) is 2. The minimum atomic E-state index is -1.17. The van der Waals surface area contributed by atoms with Crippen molar-refractivity contribution in [1.82, 2.24) is 4.57 Å². The number of ether oxygens (including phenoxy) is 1. The maximum absolute atomic E-state index is 13.7. The Labute approximate surface area is 249 Å². The van der Waals surface area contributed by atoms with E-state index in [-0.39, 0.29) is 16.7 Å². The fraction of sp³-hybridized carbons (Fsp3) is 0.353. The summed E-state index contributed by atoms with van der Waals surface area (Å²) in [7, 11) is 1.54. The molecule has 5 rings (SSSR count). The van der Waals surface area contributed by atoms with Gasteiger partial charge in [0.25, 0.3) is 11.5 Å². The Bertz CT molecular complexity index is 1800. The van der Waals surface area contributed by atoms with Gasteiger partial charge in [-0.3, -0.25) is 9.59 Å². The van der Waals surface area contributed by atoms with E-state index in [9.17, 15) is 19.6 Å². The molecule has 2 aromatic carbocycles. The lowest BCUT2D eigenvalue weighted by Gasteiger charge is -2.33. The summed E-state index contributed by atoms with van der Waals surface area (Å²) in [4.78, 5) is 41.4. The number of carbonyl (C=O) groups is 2. The Balaban J connectivity index is 1.44. The van der Waals surface area contributed by atoms with Crippen LogP contribution in [-0.4, -0.2) is 22.5 Å². The number of nitrogens with one attached hydrogen (secondary N) is 1. The Hall–Kier alpha value is -4.22. The number of carbonyl (C=O) groups excluding carboxylic acids is 2. The third kappa shape index (κ3) is 5.37. The number of aryl methyl sites for hydroxylation is 1. The topological polar surface area (TPSA) is 101 Å². The van der Waals surface area contributed by atoms with Crippen molar-refractivity contribution in [1.29, 1.82) is 5.26 Å². The number of thiophene rings is 1. The van der Waals surface area contributed by atoms with E-state index in [1.54, 1.807) is 12.1 Å². The van der Waals surface area contributed by atoms with Crippen LogP contribution >= 0.6 is 11.3 Å². The molecule has 0 fully saturated rings. The predicted molar refractivity (Wildman–Crippen MR) is 167 cm³/mol. The molecule has 1 aliphatic carbocycles. The van der Waals surface area contributed by atoms with E-state index in [0.29, 0.717) is 32.8 Å². The number of amides is 1. The summed E-state index contributed by atoms with van der Waals surface area (Å²) in [5.41, 5.74) is 3.78. The summed E-state index contributed by atoms with van der Waals surface area (Å²) in [6, 6.07) is 17.1. The summed E-state index contributed by atoms with van der Waals surface area (Å²) in [6.45, 7) is 10.2. The average molecular weight is 582 g/mol. The zero-order valence-corrected chi connectivity index (χ0v) is 25.6. The zero-order valence-electron chi connectivity index (χ0n) is 24.8. The van der Waals surface area contributed by atoms with Gasteiger partial charge in [-0.25, -0.2) is 4.79 Å². The highest BCUT2D eigenvalue weighted by molar-refractivity contribution is 7.16. The number of hydrogen-bond donors (Lipinski definition) is 1. The molecule has 0 saturated heterocycles. The lowest BCUT2D eigenvalue weighted by molar-refractivity contribution is -0.123.